The third-order valence-electron chi connectivity index (χ3n) is 4.26. The van der Waals surface area contributed by atoms with Crippen molar-refractivity contribution >= 4 is 44.1 Å². The van der Waals surface area contributed by atoms with Gasteiger partial charge in [0, 0.05) is 16.2 Å². The summed E-state index contributed by atoms with van der Waals surface area (Å²) in [7, 11) is 0. The van der Waals surface area contributed by atoms with Gasteiger partial charge in [-0.3, -0.25) is 0 Å². The van der Waals surface area contributed by atoms with E-state index in [0.29, 0.717) is 16.6 Å². The third-order valence-corrected chi connectivity index (χ3v) is 4.54. The number of nitrogens with zero attached hydrogens (tertiary/aromatic N) is 2. The SMILES string of the molecule is Clc1nnc(-c2cc3ccccc3o2)c2cc3ccccc3cc12. The zero-order valence-corrected chi connectivity index (χ0v) is 13.3. The van der Waals surface area contributed by atoms with Gasteiger partial charge in [0.1, 0.15) is 11.3 Å². The summed E-state index contributed by atoms with van der Waals surface area (Å²) in [6.45, 7) is 0. The molecule has 3 nitrogen and oxygen atoms in total. The van der Waals surface area contributed by atoms with Gasteiger partial charge >= 0.3 is 0 Å². The average molecular weight is 331 g/mol. The molecule has 0 aliphatic heterocycles. The van der Waals surface area contributed by atoms with Gasteiger partial charge < -0.3 is 4.42 Å². The van der Waals surface area contributed by atoms with Crippen LogP contribution in [0.2, 0.25) is 5.15 Å². The van der Waals surface area contributed by atoms with E-state index in [0.717, 1.165) is 32.5 Å². The molecule has 2 aromatic heterocycles. The van der Waals surface area contributed by atoms with Gasteiger partial charge in [-0.15, -0.1) is 10.2 Å². The Hall–Kier alpha value is -2.91. The topological polar surface area (TPSA) is 38.9 Å². The van der Waals surface area contributed by atoms with Crippen LogP contribution in [0.4, 0.5) is 0 Å². The second kappa shape index (κ2) is 5.05. The third kappa shape index (κ3) is 1.99. The molecule has 0 fully saturated rings. The van der Waals surface area contributed by atoms with Crippen LogP contribution in [0.25, 0.3) is 44.0 Å². The van der Waals surface area contributed by atoms with Crippen molar-refractivity contribution in [1.29, 1.82) is 0 Å². The smallest absolute Gasteiger partial charge is 0.159 e. The molecule has 0 unspecified atom stereocenters. The molecule has 0 aliphatic rings. The van der Waals surface area contributed by atoms with Crippen molar-refractivity contribution in [3.05, 3.63) is 71.9 Å². The van der Waals surface area contributed by atoms with E-state index in [4.69, 9.17) is 16.0 Å². The summed E-state index contributed by atoms with van der Waals surface area (Å²) in [5.74, 6) is 0.695. The second-order valence-corrected chi connectivity index (χ2v) is 6.09. The number of halogens is 1. The van der Waals surface area contributed by atoms with Gasteiger partial charge in [0.15, 0.2) is 10.9 Å². The Balaban J connectivity index is 1.87. The van der Waals surface area contributed by atoms with Crippen molar-refractivity contribution in [2.24, 2.45) is 0 Å². The molecule has 2 heterocycles. The second-order valence-electron chi connectivity index (χ2n) is 5.73. The minimum absolute atomic E-state index is 0.399. The highest BCUT2D eigenvalue weighted by atomic mass is 35.5. The number of benzene rings is 3. The fourth-order valence-corrected chi connectivity index (χ4v) is 3.28. The molecule has 0 aliphatic carbocycles. The van der Waals surface area contributed by atoms with E-state index in [1.54, 1.807) is 0 Å². The van der Waals surface area contributed by atoms with Crippen LogP contribution >= 0.6 is 11.6 Å². The predicted molar refractivity (Wildman–Crippen MR) is 97.3 cm³/mol. The first kappa shape index (κ1) is 13.5. The Labute approximate surface area is 142 Å². The van der Waals surface area contributed by atoms with Crippen molar-refractivity contribution < 1.29 is 4.42 Å². The lowest BCUT2D eigenvalue weighted by Crippen LogP contribution is -1.91. The van der Waals surface area contributed by atoms with E-state index in [-0.39, 0.29) is 0 Å². The fraction of sp³-hybridized carbons (Fsp3) is 0. The van der Waals surface area contributed by atoms with E-state index in [9.17, 15) is 0 Å². The van der Waals surface area contributed by atoms with Crippen molar-refractivity contribution in [1.82, 2.24) is 10.2 Å². The number of furan rings is 1. The van der Waals surface area contributed by atoms with Crippen LogP contribution in [-0.2, 0) is 0 Å². The van der Waals surface area contributed by atoms with Crippen LogP contribution in [-0.4, -0.2) is 10.2 Å². The molecular weight excluding hydrogens is 320 g/mol. The molecule has 5 aromatic rings. The highest BCUT2D eigenvalue weighted by molar-refractivity contribution is 6.35. The van der Waals surface area contributed by atoms with Crippen molar-refractivity contribution in [3.8, 4) is 11.5 Å². The normalized spacial score (nSPS) is 11.5. The summed E-state index contributed by atoms with van der Waals surface area (Å²) in [5.41, 5.74) is 1.54. The van der Waals surface area contributed by atoms with Crippen LogP contribution in [0.5, 0.6) is 0 Å². The summed E-state index contributed by atoms with van der Waals surface area (Å²) in [5, 5.41) is 13.9. The Bertz CT molecular complexity index is 1190. The zero-order chi connectivity index (χ0) is 16.1. The minimum Gasteiger partial charge on any atom is -0.454 e. The number of para-hydroxylation sites is 1. The minimum atomic E-state index is 0.399. The standard InChI is InChI=1S/C20H11ClN2O/c21-20-16-10-13-6-2-1-5-12(13)9-15(16)19(22-23-20)18-11-14-7-3-4-8-17(14)24-18/h1-11H. The summed E-state index contributed by atoms with van der Waals surface area (Å²) < 4.78 is 5.97. The maximum Gasteiger partial charge on any atom is 0.159 e. The van der Waals surface area contributed by atoms with E-state index in [2.05, 4.69) is 28.4 Å². The number of rotatable bonds is 1. The van der Waals surface area contributed by atoms with Crippen LogP contribution in [0.3, 0.4) is 0 Å². The molecule has 4 heteroatoms. The summed E-state index contributed by atoms with van der Waals surface area (Å²) in [4.78, 5) is 0. The summed E-state index contributed by atoms with van der Waals surface area (Å²) in [6, 6.07) is 22.2. The lowest BCUT2D eigenvalue weighted by molar-refractivity contribution is 0.628. The van der Waals surface area contributed by atoms with Gasteiger partial charge in [-0.2, -0.15) is 0 Å². The van der Waals surface area contributed by atoms with Gasteiger partial charge in [0.25, 0.3) is 0 Å². The lowest BCUT2D eigenvalue weighted by Gasteiger charge is -2.06. The van der Waals surface area contributed by atoms with Crippen molar-refractivity contribution in [2.75, 3.05) is 0 Å². The Morgan fingerprint density at radius 1 is 0.708 bits per heavy atom. The van der Waals surface area contributed by atoms with E-state index in [1.165, 1.54) is 0 Å². The number of aromatic nitrogens is 2. The molecule has 3 aromatic carbocycles. The fourth-order valence-electron chi connectivity index (χ4n) is 3.09. The molecule has 0 saturated heterocycles. The average Bonchev–Trinajstić information content (AvgIpc) is 3.04. The van der Waals surface area contributed by atoms with Crippen molar-refractivity contribution in [3.63, 3.8) is 0 Å². The van der Waals surface area contributed by atoms with Crippen LogP contribution < -0.4 is 0 Å². The van der Waals surface area contributed by atoms with Crippen molar-refractivity contribution in [2.45, 2.75) is 0 Å². The molecule has 0 atom stereocenters. The monoisotopic (exact) mass is 330 g/mol. The molecule has 114 valence electrons. The van der Waals surface area contributed by atoms with Crippen LogP contribution in [0.1, 0.15) is 0 Å². The maximum absolute atomic E-state index is 6.29. The molecule has 24 heavy (non-hydrogen) atoms. The Morgan fingerprint density at radius 2 is 1.38 bits per heavy atom. The van der Waals surface area contributed by atoms with Crippen LogP contribution in [0.15, 0.2) is 71.1 Å². The lowest BCUT2D eigenvalue weighted by atomic mass is 10.0. The molecular formula is C20H11ClN2O. The largest absolute Gasteiger partial charge is 0.454 e. The zero-order valence-electron chi connectivity index (χ0n) is 12.5. The molecule has 5 rings (SSSR count). The highest BCUT2D eigenvalue weighted by Crippen LogP contribution is 2.35. The molecule has 0 bridgehead atoms. The van der Waals surface area contributed by atoms with E-state index >= 15 is 0 Å². The molecule has 0 radical (unpaired) electrons. The van der Waals surface area contributed by atoms with E-state index < -0.39 is 0 Å². The number of hydrogen-bond acceptors (Lipinski definition) is 3. The Kier molecular flexibility index (Phi) is 2.84. The summed E-state index contributed by atoms with van der Waals surface area (Å²) in [6.07, 6.45) is 0. The molecule has 0 N–H and O–H groups in total. The molecule has 0 saturated carbocycles. The molecule has 0 amide bonds. The maximum atomic E-state index is 6.29. The molecule has 0 spiro atoms. The highest BCUT2D eigenvalue weighted by Gasteiger charge is 2.15. The summed E-state index contributed by atoms with van der Waals surface area (Å²) >= 11 is 6.29. The number of hydrogen-bond donors (Lipinski definition) is 0. The number of fused-ring (bicyclic) bond motifs is 3. The van der Waals surface area contributed by atoms with Gasteiger partial charge in [-0.1, -0.05) is 54.1 Å². The van der Waals surface area contributed by atoms with Crippen LogP contribution in [0, 0.1) is 0 Å². The first-order valence-electron chi connectivity index (χ1n) is 7.63. The van der Waals surface area contributed by atoms with Gasteiger partial charge in [-0.25, -0.2) is 0 Å². The quantitative estimate of drug-likeness (QED) is 0.362. The first-order valence-corrected chi connectivity index (χ1v) is 8.01. The Morgan fingerprint density at radius 3 is 2.12 bits per heavy atom. The predicted octanol–water partition coefficient (Wildman–Crippen LogP) is 5.85. The van der Waals surface area contributed by atoms with Gasteiger partial charge in [0.05, 0.1) is 0 Å². The van der Waals surface area contributed by atoms with E-state index in [1.807, 2.05) is 48.5 Å². The first-order chi connectivity index (χ1) is 11.8. The van der Waals surface area contributed by atoms with Gasteiger partial charge in [0.2, 0.25) is 0 Å². The van der Waals surface area contributed by atoms with Gasteiger partial charge in [-0.05, 0) is 35.0 Å².